The highest BCUT2D eigenvalue weighted by atomic mass is 16.7. The zero-order valence-corrected chi connectivity index (χ0v) is 20.5. The van der Waals surface area contributed by atoms with Crippen LogP contribution in [0.15, 0.2) is 48.5 Å². The largest absolute Gasteiger partial charge is 0.502 e. The summed E-state index contributed by atoms with van der Waals surface area (Å²) in [5.74, 6) is -0.204. The monoisotopic (exact) mass is 520 g/mol. The standard InChI is InChI=1S/C27H24N2O9/c1-34-21-7-13(8-22(35-2)26(21)30)23-16-9-19-20(38-12-37-19)10-17(16)25(18-11-36-27(31)24(18)23)28-14-3-5-15(6-4-14)29(32)33/h3-10,18,23-25,28,30H,11-12H2,1-2H3/t18-,23+,24-,25+/m0/s1. The summed E-state index contributed by atoms with van der Waals surface area (Å²) in [4.78, 5) is 23.9. The van der Waals surface area contributed by atoms with E-state index >= 15 is 0 Å². The molecule has 3 aliphatic rings. The number of benzene rings is 3. The number of nitro benzene ring substituents is 1. The first-order chi connectivity index (χ1) is 18.4. The van der Waals surface area contributed by atoms with Gasteiger partial charge in [0.15, 0.2) is 23.0 Å². The number of rotatable bonds is 6. The summed E-state index contributed by atoms with van der Waals surface area (Å²) in [6, 6.07) is 12.9. The minimum Gasteiger partial charge on any atom is -0.502 e. The Bertz CT molecular complexity index is 1410. The molecule has 196 valence electrons. The summed E-state index contributed by atoms with van der Waals surface area (Å²) in [7, 11) is 2.89. The lowest BCUT2D eigenvalue weighted by Crippen LogP contribution is -2.37. The van der Waals surface area contributed by atoms with Crippen molar-refractivity contribution in [2.24, 2.45) is 11.8 Å². The van der Waals surface area contributed by atoms with Crippen LogP contribution in [0.25, 0.3) is 0 Å². The number of cyclic esters (lactones) is 1. The highest BCUT2D eigenvalue weighted by molar-refractivity contribution is 5.79. The van der Waals surface area contributed by atoms with Crippen molar-refractivity contribution in [3.8, 4) is 28.7 Å². The molecule has 0 spiro atoms. The number of phenolic OH excluding ortho intramolecular Hbond substituents is 1. The number of fused-ring (bicyclic) bond motifs is 3. The van der Waals surface area contributed by atoms with Gasteiger partial charge in [-0.1, -0.05) is 0 Å². The van der Waals surface area contributed by atoms with Crippen LogP contribution in [-0.2, 0) is 9.53 Å². The van der Waals surface area contributed by atoms with E-state index < -0.39 is 16.8 Å². The van der Waals surface area contributed by atoms with Crippen molar-refractivity contribution < 1.29 is 38.5 Å². The van der Waals surface area contributed by atoms with Crippen LogP contribution in [0, 0.1) is 22.0 Å². The van der Waals surface area contributed by atoms with Crippen molar-refractivity contribution in [3.63, 3.8) is 0 Å². The number of carbonyl (C=O) groups excluding carboxylic acids is 1. The fraction of sp³-hybridized carbons (Fsp3) is 0.296. The van der Waals surface area contributed by atoms with Crippen LogP contribution in [-0.4, -0.2) is 43.6 Å². The molecule has 1 saturated heterocycles. The molecule has 6 rings (SSSR count). The SMILES string of the molecule is COc1cc([C@@H]2c3cc4c(cc3[C@@H](Nc3ccc([N+](=O)[O-])cc3)[C@H]3COC(=O)[C@H]23)OCO4)cc(OC)c1O. The Morgan fingerprint density at radius 2 is 1.61 bits per heavy atom. The molecule has 2 N–H and O–H groups in total. The van der Waals surface area contributed by atoms with E-state index in [9.17, 15) is 20.0 Å². The van der Waals surface area contributed by atoms with Gasteiger partial charge in [-0.25, -0.2) is 0 Å². The number of hydrogen-bond donors (Lipinski definition) is 2. The number of aromatic hydroxyl groups is 1. The molecule has 0 saturated carbocycles. The minimum absolute atomic E-state index is 0.0181. The molecule has 11 nitrogen and oxygen atoms in total. The summed E-state index contributed by atoms with van der Waals surface area (Å²) in [6.45, 7) is 0.268. The second-order valence-corrected chi connectivity index (χ2v) is 9.33. The molecule has 1 aliphatic carbocycles. The van der Waals surface area contributed by atoms with Crippen LogP contribution in [0.2, 0.25) is 0 Å². The predicted molar refractivity (Wildman–Crippen MR) is 133 cm³/mol. The Morgan fingerprint density at radius 3 is 2.21 bits per heavy atom. The van der Waals surface area contributed by atoms with Gasteiger partial charge < -0.3 is 34.1 Å². The Kier molecular flexibility index (Phi) is 5.63. The number of methoxy groups -OCH3 is 2. The molecule has 0 unspecified atom stereocenters. The first-order valence-corrected chi connectivity index (χ1v) is 12.0. The van der Waals surface area contributed by atoms with Crippen LogP contribution < -0.4 is 24.3 Å². The molecule has 38 heavy (non-hydrogen) atoms. The van der Waals surface area contributed by atoms with Crippen LogP contribution in [0.3, 0.4) is 0 Å². The number of esters is 1. The third-order valence-electron chi connectivity index (χ3n) is 7.45. The van der Waals surface area contributed by atoms with Gasteiger partial charge in [0.25, 0.3) is 5.69 Å². The van der Waals surface area contributed by atoms with Gasteiger partial charge >= 0.3 is 5.97 Å². The molecule has 3 aromatic rings. The molecule has 11 heteroatoms. The highest BCUT2D eigenvalue weighted by Crippen LogP contribution is 2.56. The third-order valence-corrected chi connectivity index (χ3v) is 7.45. The topological polar surface area (TPSA) is 139 Å². The molecule has 0 radical (unpaired) electrons. The Balaban J connectivity index is 1.51. The van der Waals surface area contributed by atoms with E-state index in [1.807, 2.05) is 12.1 Å². The first-order valence-electron chi connectivity index (χ1n) is 12.0. The first kappa shape index (κ1) is 23.7. The summed E-state index contributed by atoms with van der Waals surface area (Å²) in [6.07, 6.45) is 0. The number of non-ortho nitro benzene ring substituents is 1. The summed E-state index contributed by atoms with van der Waals surface area (Å²) < 4.78 is 27.7. The predicted octanol–water partition coefficient (Wildman–Crippen LogP) is 4.13. The smallest absolute Gasteiger partial charge is 0.310 e. The Morgan fingerprint density at radius 1 is 0.974 bits per heavy atom. The van der Waals surface area contributed by atoms with Gasteiger partial charge in [-0.3, -0.25) is 14.9 Å². The van der Waals surface area contributed by atoms with Crippen LogP contribution in [0.4, 0.5) is 11.4 Å². The number of anilines is 1. The van der Waals surface area contributed by atoms with Gasteiger partial charge in [0, 0.05) is 29.7 Å². The van der Waals surface area contributed by atoms with Crippen molar-refractivity contribution in [2.45, 2.75) is 12.0 Å². The number of phenols is 1. The molecule has 0 bridgehead atoms. The van der Waals surface area contributed by atoms with Crippen molar-refractivity contribution in [1.29, 1.82) is 0 Å². The van der Waals surface area contributed by atoms with E-state index in [1.165, 1.54) is 26.4 Å². The zero-order chi connectivity index (χ0) is 26.6. The van der Waals surface area contributed by atoms with Gasteiger partial charge in [0.05, 0.1) is 37.7 Å². The number of nitrogens with one attached hydrogen (secondary N) is 1. The average molecular weight is 520 g/mol. The molecule has 4 atom stereocenters. The lowest BCUT2D eigenvalue weighted by Gasteiger charge is -2.40. The number of nitrogens with zero attached hydrogens (tertiary/aromatic N) is 1. The van der Waals surface area contributed by atoms with Crippen molar-refractivity contribution >= 4 is 17.3 Å². The Labute approximate surface area is 217 Å². The number of carbonyl (C=O) groups is 1. The maximum absolute atomic E-state index is 13.2. The molecular formula is C27H24N2O9. The van der Waals surface area contributed by atoms with E-state index in [0.29, 0.717) is 22.7 Å². The number of ether oxygens (including phenoxy) is 5. The lowest BCUT2D eigenvalue weighted by atomic mass is 9.65. The summed E-state index contributed by atoms with van der Waals surface area (Å²) in [5.41, 5.74) is 3.05. The van der Waals surface area contributed by atoms with Gasteiger partial charge in [-0.2, -0.15) is 0 Å². The van der Waals surface area contributed by atoms with E-state index in [2.05, 4.69) is 5.32 Å². The summed E-state index contributed by atoms with van der Waals surface area (Å²) in [5, 5.41) is 25.1. The van der Waals surface area contributed by atoms with Crippen molar-refractivity contribution in [3.05, 3.63) is 75.3 Å². The van der Waals surface area contributed by atoms with Crippen LogP contribution in [0.1, 0.15) is 28.7 Å². The Hall–Kier alpha value is -4.67. The molecule has 0 amide bonds. The second-order valence-electron chi connectivity index (χ2n) is 9.33. The maximum atomic E-state index is 13.2. The third kappa shape index (κ3) is 3.69. The fourth-order valence-electron chi connectivity index (χ4n) is 5.70. The molecular weight excluding hydrogens is 496 g/mol. The van der Waals surface area contributed by atoms with Crippen LogP contribution in [0.5, 0.6) is 28.7 Å². The average Bonchev–Trinajstić information content (AvgIpc) is 3.54. The zero-order valence-electron chi connectivity index (χ0n) is 20.5. The van der Waals surface area contributed by atoms with Crippen molar-refractivity contribution in [2.75, 3.05) is 32.9 Å². The molecule has 2 aliphatic heterocycles. The quantitative estimate of drug-likeness (QED) is 0.277. The van der Waals surface area contributed by atoms with E-state index in [1.54, 1.807) is 24.3 Å². The highest BCUT2D eigenvalue weighted by Gasteiger charge is 2.52. The fourth-order valence-corrected chi connectivity index (χ4v) is 5.70. The molecule has 1 fully saturated rings. The van der Waals surface area contributed by atoms with Gasteiger partial charge in [-0.15, -0.1) is 0 Å². The normalized spacial score (nSPS) is 22.7. The minimum atomic E-state index is -0.572. The van der Waals surface area contributed by atoms with Gasteiger partial charge in [0.2, 0.25) is 12.5 Å². The molecule has 3 aromatic carbocycles. The number of nitro groups is 1. The lowest BCUT2D eigenvalue weighted by molar-refractivity contribution is -0.384. The second kappa shape index (κ2) is 9.02. The summed E-state index contributed by atoms with van der Waals surface area (Å²) >= 11 is 0. The molecule has 0 aromatic heterocycles. The van der Waals surface area contributed by atoms with E-state index in [0.717, 1.165) is 11.1 Å². The van der Waals surface area contributed by atoms with Gasteiger partial charge in [0.1, 0.15) is 0 Å². The van der Waals surface area contributed by atoms with Crippen LogP contribution >= 0.6 is 0 Å². The van der Waals surface area contributed by atoms with E-state index in [-0.39, 0.29) is 54.3 Å². The maximum Gasteiger partial charge on any atom is 0.310 e. The van der Waals surface area contributed by atoms with E-state index in [4.69, 9.17) is 23.7 Å². The number of hydrogen-bond acceptors (Lipinski definition) is 10. The van der Waals surface area contributed by atoms with Crippen molar-refractivity contribution in [1.82, 2.24) is 0 Å². The molecule has 2 heterocycles. The van der Waals surface area contributed by atoms with Gasteiger partial charge in [-0.05, 0) is 53.1 Å².